The zero-order chi connectivity index (χ0) is 22.5. The molecule has 3 atom stereocenters. The highest BCUT2D eigenvalue weighted by atomic mass is 79.9. The molecule has 32 heavy (non-hydrogen) atoms. The van der Waals surface area contributed by atoms with Crippen molar-refractivity contribution < 1.29 is 8.42 Å². The number of anilines is 2. The van der Waals surface area contributed by atoms with Crippen molar-refractivity contribution in [3.05, 3.63) is 99.5 Å². The molecule has 1 aliphatic carbocycles. The first-order chi connectivity index (χ1) is 15.3. The number of hydrogen-bond donors (Lipinski definition) is 2. The van der Waals surface area contributed by atoms with Gasteiger partial charge in [-0.25, -0.2) is 8.42 Å². The van der Waals surface area contributed by atoms with Gasteiger partial charge in [0.2, 0.25) is 0 Å². The van der Waals surface area contributed by atoms with Crippen LogP contribution in [0.15, 0.2) is 82.2 Å². The quantitative estimate of drug-likeness (QED) is 0.385. The van der Waals surface area contributed by atoms with E-state index in [1.54, 1.807) is 24.3 Å². The maximum absolute atomic E-state index is 13.1. The molecule has 0 amide bonds. The molecule has 4 nitrogen and oxygen atoms in total. The van der Waals surface area contributed by atoms with Gasteiger partial charge >= 0.3 is 0 Å². The van der Waals surface area contributed by atoms with Gasteiger partial charge in [-0.15, -0.1) is 0 Å². The monoisotopic (exact) mass is 508 g/mol. The second-order valence-electron chi connectivity index (χ2n) is 8.70. The van der Waals surface area contributed by atoms with E-state index in [2.05, 4.69) is 70.2 Å². The van der Waals surface area contributed by atoms with Crippen molar-refractivity contribution in [3.8, 4) is 0 Å². The molecule has 0 fully saturated rings. The topological polar surface area (TPSA) is 58.2 Å². The summed E-state index contributed by atoms with van der Waals surface area (Å²) in [7, 11) is -3.69. The lowest BCUT2D eigenvalue weighted by atomic mass is 9.76. The van der Waals surface area contributed by atoms with Crippen molar-refractivity contribution in [3.63, 3.8) is 0 Å². The van der Waals surface area contributed by atoms with Gasteiger partial charge in [0.25, 0.3) is 10.0 Å². The van der Waals surface area contributed by atoms with Gasteiger partial charge in [0.15, 0.2) is 0 Å². The smallest absolute Gasteiger partial charge is 0.261 e. The highest BCUT2D eigenvalue weighted by molar-refractivity contribution is 9.10. The van der Waals surface area contributed by atoms with Crippen molar-refractivity contribution in [1.82, 2.24) is 0 Å². The first-order valence-electron chi connectivity index (χ1n) is 10.7. The lowest BCUT2D eigenvalue weighted by Crippen LogP contribution is -2.30. The third-order valence-electron chi connectivity index (χ3n) is 6.49. The maximum atomic E-state index is 13.1. The first-order valence-corrected chi connectivity index (χ1v) is 13.0. The Morgan fingerprint density at radius 1 is 1.00 bits per heavy atom. The van der Waals surface area contributed by atoms with E-state index >= 15 is 0 Å². The fourth-order valence-corrected chi connectivity index (χ4v) is 6.39. The number of allylic oxidation sites excluding steroid dienone is 2. The van der Waals surface area contributed by atoms with Gasteiger partial charge < -0.3 is 5.32 Å². The molecule has 1 heterocycles. The van der Waals surface area contributed by atoms with Gasteiger partial charge in [-0.1, -0.05) is 57.9 Å². The van der Waals surface area contributed by atoms with Crippen LogP contribution in [0.2, 0.25) is 0 Å². The number of fused-ring (bicyclic) bond motifs is 3. The van der Waals surface area contributed by atoms with E-state index in [1.807, 2.05) is 18.2 Å². The van der Waals surface area contributed by atoms with E-state index in [4.69, 9.17) is 0 Å². The van der Waals surface area contributed by atoms with Crippen LogP contribution >= 0.6 is 15.9 Å². The Balaban J connectivity index is 1.51. The van der Waals surface area contributed by atoms with E-state index < -0.39 is 10.0 Å². The molecule has 0 aromatic heterocycles. The highest BCUT2D eigenvalue weighted by Gasteiger charge is 2.39. The predicted octanol–water partition coefficient (Wildman–Crippen LogP) is 6.69. The first kappa shape index (κ1) is 21.3. The largest absolute Gasteiger partial charge is 0.378 e. The molecule has 1 aliphatic heterocycles. The third-order valence-corrected chi connectivity index (χ3v) is 8.36. The number of benzene rings is 3. The van der Waals surface area contributed by atoms with Crippen molar-refractivity contribution in [2.24, 2.45) is 5.92 Å². The normalized spacial score (nSPS) is 21.5. The molecule has 5 rings (SSSR count). The standard InChI is InChI=1S/C26H25BrN2O2S/c1-16-9-10-17(2)23(13-16)26-22-8-4-7-21(22)24-15-20(11-12-25(24)28-26)32(30,31)29-19-6-3-5-18(27)14-19/h3-7,9-15,21-22,26,28-29H,8H2,1-2H3/t21-,22+,26-/m0/s1. The summed E-state index contributed by atoms with van der Waals surface area (Å²) in [6.45, 7) is 4.28. The number of sulfonamides is 1. The molecule has 2 N–H and O–H groups in total. The summed E-state index contributed by atoms with van der Waals surface area (Å²) in [5.74, 6) is 0.552. The zero-order valence-electron chi connectivity index (χ0n) is 18.0. The molecular weight excluding hydrogens is 484 g/mol. The van der Waals surface area contributed by atoms with Crippen LogP contribution in [0.1, 0.15) is 40.6 Å². The SMILES string of the molecule is Cc1ccc(C)c([C@H]2Nc3ccc(S(=O)(=O)Nc4cccc(Br)c4)cc3[C@H]3C=CC[C@H]32)c1. The Labute approximate surface area is 197 Å². The van der Waals surface area contributed by atoms with Crippen LogP contribution in [-0.2, 0) is 10.0 Å². The Morgan fingerprint density at radius 2 is 1.84 bits per heavy atom. The summed E-state index contributed by atoms with van der Waals surface area (Å²) in [5.41, 5.74) is 6.43. The van der Waals surface area contributed by atoms with Gasteiger partial charge in [-0.05, 0) is 79.3 Å². The van der Waals surface area contributed by atoms with Crippen LogP contribution in [-0.4, -0.2) is 8.42 Å². The van der Waals surface area contributed by atoms with Crippen LogP contribution in [0.3, 0.4) is 0 Å². The minimum Gasteiger partial charge on any atom is -0.378 e. The van der Waals surface area contributed by atoms with Crippen molar-refractivity contribution in [2.45, 2.75) is 37.1 Å². The van der Waals surface area contributed by atoms with E-state index in [0.717, 1.165) is 22.1 Å². The zero-order valence-corrected chi connectivity index (χ0v) is 20.4. The number of aryl methyl sites for hydroxylation is 2. The van der Waals surface area contributed by atoms with E-state index in [1.165, 1.54) is 16.7 Å². The second-order valence-corrected chi connectivity index (χ2v) is 11.3. The second kappa shape index (κ2) is 8.09. The average Bonchev–Trinajstić information content (AvgIpc) is 3.24. The van der Waals surface area contributed by atoms with Crippen molar-refractivity contribution >= 4 is 37.3 Å². The minimum absolute atomic E-state index is 0.192. The molecule has 2 aliphatic rings. The molecular formula is C26H25BrN2O2S. The molecule has 3 aromatic rings. The van der Waals surface area contributed by atoms with Crippen molar-refractivity contribution in [2.75, 3.05) is 10.0 Å². The molecule has 0 saturated carbocycles. The summed E-state index contributed by atoms with van der Waals surface area (Å²) >= 11 is 3.39. The summed E-state index contributed by atoms with van der Waals surface area (Å²) in [4.78, 5) is 0.280. The lowest BCUT2D eigenvalue weighted by Gasteiger charge is -2.38. The molecule has 6 heteroatoms. The summed E-state index contributed by atoms with van der Waals surface area (Å²) in [5, 5.41) is 3.73. The molecule has 0 radical (unpaired) electrons. The van der Waals surface area contributed by atoms with Crippen molar-refractivity contribution in [1.29, 1.82) is 0 Å². The number of rotatable bonds is 4. The predicted molar refractivity (Wildman–Crippen MR) is 134 cm³/mol. The summed E-state index contributed by atoms with van der Waals surface area (Å²) in [6.07, 6.45) is 5.44. The van der Waals surface area contributed by atoms with Crippen LogP contribution in [0.5, 0.6) is 0 Å². The Bertz CT molecular complexity index is 1330. The lowest BCUT2D eigenvalue weighted by molar-refractivity contribution is 0.424. The van der Waals surface area contributed by atoms with Gasteiger partial charge in [0.05, 0.1) is 10.9 Å². The van der Waals surface area contributed by atoms with E-state index in [-0.39, 0.29) is 16.9 Å². The molecule has 0 saturated heterocycles. The van der Waals surface area contributed by atoms with E-state index in [9.17, 15) is 8.42 Å². The minimum atomic E-state index is -3.69. The van der Waals surface area contributed by atoms with Crippen LogP contribution < -0.4 is 10.0 Å². The Hall–Kier alpha value is -2.57. The van der Waals surface area contributed by atoms with Gasteiger partial charge in [-0.3, -0.25) is 4.72 Å². The fraction of sp³-hybridized carbons (Fsp3) is 0.231. The van der Waals surface area contributed by atoms with Gasteiger partial charge in [0, 0.05) is 21.8 Å². The number of nitrogens with one attached hydrogen (secondary N) is 2. The fourth-order valence-electron chi connectivity index (χ4n) is 4.91. The number of hydrogen-bond acceptors (Lipinski definition) is 3. The van der Waals surface area contributed by atoms with Crippen LogP contribution in [0.25, 0.3) is 0 Å². The average molecular weight is 509 g/mol. The molecule has 0 bridgehead atoms. The Kier molecular flexibility index (Phi) is 5.38. The summed E-state index contributed by atoms with van der Waals surface area (Å²) in [6, 6.07) is 19.4. The van der Waals surface area contributed by atoms with Crippen LogP contribution in [0.4, 0.5) is 11.4 Å². The number of halogens is 1. The molecule has 164 valence electrons. The Morgan fingerprint density at radius 3 is 2.66 bits per heavy atom. The molecule has 0 unspecified atom stereocenters. The highest BCUT2D eigenvalue weighted by Crippen LogP contribution is 2.50. The van der Waals surface area contributed by atoms with E-state index in [0.29, 0.717) is 11.6 Å². The van der Waals surface area contributed by atoms with Crippen LogP contribution in [0, 0.1) is 19.8 Å². The van der Waals surface area contributed by atoms with Gasteiger partial charge in [0.1, 0.15) is 0 Å². The van der Waals surface area contributed by atoms with Gasteiger partial charge in [-0.2, -0.15) is 0 Å². The maximum Gasteiger partial charge on any atom is 0.261 e. The summed E-state index contributed by atoms with van der Waals surface area (Å²) < 4.78 is 29.7. The molecule has 0 spiro atoms. The molecule has 3 aromatic carbocycles. The third kappa shape index (κ3) is 3.86.